The number of hydrogen-bond donors (Lipinski definition) is 1. The van der Waals surface area contributed by atoms with Crippen molar-refractivity contribution < 1.29 is 0 Å². The first-order valence-electron chi connectivity index (χ1n) is 5.31. The molecule has 1 saturated heterocycles. The maximum absolute atomic E-state index is 3.63. The second-order valence-corrected chi connectivity index (χ2v) is 6.44. The van der Waals surface area contributed by atoms with E-state index in [-0.39, 0.29) is 0 Å². The van der Waals surface area contributed by atoms with Crippen molar-refractivity contribution >= 4 is 33.4 Å². The highest BCUT2D eigenvalue weighted by atomic mass is 79.9. The van der Waals surface area contributed by atoms with Crippen molar-refractivity contribution in [3.05, 3.63) is 28.2 Å². The van der Waals surface area contributed by atoms with Gasteiger partial charge in [0.05, 0.1) is 0 Å². The zero-order chi connectivity index (χ0) is 10.8. The summed E-state index contributed by atoms with van der Waals surface area (Å²) in [5.41, 5.74) is 2.54. The van der Waals surface area contributed by atoms with Gasteiger partial charge >= 0.3 is 0 Å². The monoisotopic (exact) mass is 285 g/mol. The van der Waals surface area contributed by atoms with Crippen LogP contribution in [0.25, 0.3) is 0 Å². The molecule has 0 aliphatic carbocycles. The van der Waals surface area contributed by atoms with Crippen LogP contribution in [0.4, 0.5) is 5.69 Å². The summed E-state index contributed by atoms with van der Waals surface area (Å²) in [4.78, 5) is 0. The average Bonchev–Trinajstić information content (AvgIpc) is 2.58. The minimum atomic E-state index is 0.619. The van der Waals surface area contributed by atoms with Crippen LogP contribution in [0, 0.1) is 6.92 Å². The van der Waals surface area contributed by atoms with E-state index in [0.717, 1.165) is 9.72 Å². The number of benzene rings is 1. The van der Waals surface area contributed by atoms with Gasteiger partial charge in [-0.3, -0.25) is 0 Å². The quantitative estimate of drug-likeness (QED) is 0.879. The van der Waals surface area contributed by atoms with E-state index in [1.807, 2.05) is 0 Å². The highest BCUT2D eigenvalue weighted by molar-refractivity contribution is 9.10. The lowest BCUT2D eigenvalue weighted by atomic mass is 10.1. The van der Waals surface area contributed by atoms with Gasteiger partial charge in [0, 0.05) is 21.5 Å². The molecule has 3 heteroatoms. The molecule has 1 fully saturated rings. The third-order valence-electron chi connectivity index (χ3n) is 2.84. The van der Waals surface area contributed by atoms with Crippen LogP contribution in [0.3, 0.4) is 0 Å². The van der Waals surface area contributed by atoms with Crippen LogP contribution in [0.5, 0.6) is 0 Å². The Morgan fingerprint density at radius 1 is 1.47 bits per heavy atom. The molecule has 0 spiro atoms. The minimum absolute atomic E-state index is 0.619. The van der Waals surface area contributed by atoms with Crippen LogP contribution in [-0.4, -0.2) is 17.0 Å². The number of rotatable bonds is 2. The number of thioether (sulfide) groups is 1. The topological polar surface area (TPSA) is 12.0 Å². The van der Waals surface area contributed by atoms with Crippen LogP contribution < -0.4 is 5.32 Å². The number of halogens is 1. The van der Waals surface area contributed by atoms with Crippen molar-refractivity contribution in [1.29, 1.82) is 0 Å². The molecule has 0 amide bonds. The summed E-state index contributed by atoms with van der Waals surface area (Å²) in [5.74, 6) is 1.28. The van der Waals surface area contributed by atoms with Crippen LogP contribution in [-0.2, 0) is 0 Å². The number of nitrogens with one attached hydrogen (secondary N) is 1. The zero-order valence-electron chi connectivity index (χ0n) is 9.09. The summed E-state index contributed by atoms with van der Waals surface area (Å²) in [7, 11) is 0. The lowest BCUT2D eigenvalue weighted by molar-refractivity contribution is 0.723. The van der Waals surface area contributed by atoms with Gasteiger partial charge in [-0.1, -0.05) is 13.0 Å². The standard InChI is InChI=1S/C12H16BrNS/c1-8-3-4-10(13)12(7-8)14-11-5-6-15-9(11)2/h3-4,7,9,11,14H,5-6H2,1-2H3. The van der Waals surface area contributed by atoms with E-state index in [2.05, 4.69) is 65.1 Å². The molecule has 2 rings (SSSR count). The Bertz CT molecular complexity index is 353. The normalized spacial score (nSPS) is 25.5. The van der Waals surface area contributed by atoms with Gasteiger partial charge < -0.3 is 5.32 Å². The fraction of sp³-hybridized carbons (Fsp3) is 0.500. The highest BCUT2D eigenvalue weighted by Gasteiger charge is 2.23. The van der Waals surface area contributed by atoms with Crippen molar-refractivity contribution in [2.24, 2.45) is 0 Å². The van der Waals surface area contributed by atoms with Crippen LogP contribution in [0.2, 0.25) is 0 Å². The maximum atomic E-state index is 3.63. The first kappa shape index (κ1) is 11.3. The summed E-state index contributed by atoms with van der Waals surface area (Å²) in [6.07, 6.45) is 1.27. The number of aryl methyl sites for hydroxylation is 1. The molecule has 0 aromatic heterocycles. The van der Waals surface area contributed by atoms with Gasteiger partial charge in [-0.05, 0) is 52.7 Å². The molecule has 2 atom stereocenters. The molecular weight excluding hydrogens is 270 g/mol. The third kappa shape index (κ3) is 2.70. The predicted octanol–water partition coefficient (Wildman–Crippen LogP) is 4.06. The Kier molecular flexibility index (Phi) is 3.62. The van der Waals surface area contributed by atoms with Gasteiger partial charge in [-0.25, -0.2) is 0 Å². The van der Waals surface area contributed by atoms with Crippen LogP contribution in [0.15, 0.2) is 22.7 Å². The molecule has 1 aliphatic heterocycles. The SMILES string of the molecule is Cc1ccc(Br)c(NC2CCSC2C)c1. The Labute approximate surface area is 104 Å². The first-order valence-corrected chi connectivity index (χ1v) is 7.15. The predicted molar refractivity (Wildman–Crippen MR) is 72.8 cm³/mol. The maximum Gasteiger partial charge on any atom is 0.0489 e. The van der Waals surface area contributed by atoms with Crippen molar-refractivity contribution in [2.45, 2.75) is 31.6 Å². The number of hydrogen-bond acceptors (Lipinski definition) is 2. The Balaban J connectivity index is 2.12. The average molecular weight is 286 g/mol. The van der Waals surface area contributed by atoms with Gasteiger partial charge in [0.1, 0.15) is 0 Å². The Morgan fingerprint density at radius 3 is 2.93 bits per heavy atom. The van der Waals surface area contributed by atoms with Gasteiger partial charge in [-0.2, -0.15) is 11.8 Å². The summed E-state index contributed by atoms with van der Waals surface area (Å²) < 4.78 is 1.16. The third-order valence-corrected chi connectivity index (χ3v) is 4.86. The molecule has 1 heterocycles. The molecule has 1 aromatic carbocycles. The summed E-state index contributed by atoms with van der Waals surface area (Å²) in [6, 6.07) is 7.07. The number of anilines is 1. The van der Waals surface area contributed by atoms with E-state index in [1.54, 1.807) is 0 Å². The Hall–Kier alpha value is -0.150. The molecule has 1 aliphatic rings. The molecule has 2 unspecified atom stereocenters. The van der Waals surface area contributed by atoms with E-state index < -0.39 is 0 Å². The van der Waals surface area contributed by atoms with E-state index in [9.17, 15) is 0 Å². The van der Waals surface area contributed by atoms with Gasteiger partial charge in [0.15, 0.2) is 0 Å². The van der Waals surface area contributed by atoms with Crippen molar-refractivity contribution in [1.82, 2.24) is 0 Å². The molecule has 1 aromatic rings. The summed E-state index contributed by atoms with van der Waals surface area (Å²) in [5, 5.41) is 4.35. The Morgan fingerprint density at radius 2 is 2.27 bits per heavy atom. The largest absolute Gasteiger partial charge is 0.380 e. The smallest absolute Gasteiger partial charge is 0.0489 e. The molecule has 1 nitrogen and oxygen atoms in total. The van der Waals surface area contributed by atoms with Crippen molar-refractivity contribution in [3.8, 4) is 0 Å². The molecule has 82 valence electrons. The molecule has 0 saturated carbocycles. The fourth-order valence-electron chi connectivity index (χ4n) is 1.87. The molecular formula is C12H16BrNS. The van der Waals surface area contributed by atoms with Crippen LogP contribution in [0.1, 0.15) is 18.9 Å². The highest BCUT2D eigenvalue weighted by Crippen LogP contribution is 2.31. The van der Waals surface area contributed by atoms with E-state index in [4.69, 9.17) is 0 Å². The lowest BCUT2D eigenvalue weighted by Crippen LogP contribution is -2.24. The molecule has 0 bridgehead atoms. The van der Waals surface area contributed by atoms with E-state index in [0.29, 0.717) is 6.04 Å². The fourth-order valence-corrected chi connectivity index (χ4v) is 3.43. The van der Waals surface area contributed by atoms with Crippen molar-refractivity contribution in [2.75, 3.05) is 11.1 Å². The van der Waals surface area contributed by atoms with Crippen molar-refractivity contribution in [3.63, 3.8) is 0 Å². The second-order valence-electron chi connectivity index (χ2n) is 4.10. The van der Waals surface area contributed by atoms with E-state index >= 15 is 0 Å². The molecule has 1 N–H and O–H groups in total. The van der Waals surface area contributed by atoms with E-state index in [1.165, 1.54) is 23.4 Å². The van der Waals surface area contributed by atoms with Gasteiger partial charge in [0.25, 0.3) is 0 Å². The summed E-state index contributed by atoms with van der Waals surface area (Å²) >= 11 is 5.65. The van der Waals surface area contributed by atoms with Gasteiger partial charge in [0.2, 0.25) is 0 Å². The summed E-state index contributed by atoms with van der Waals surface area (Å²) in [6.45, 7) is 4.43. The zero-order valence-corrected chi connectivity index (χ0v) is 11.5. The second kappa shape index (κ2) is 4.79. The first-order chi connectivity index (χ1) is 7.16. The van der Waals surface area contributed by atoms with Gasteiger partial charge in [-0.15, -0.1) is 0 Å². The van der Waals surface area contributed by atoms with Crippen LogP contribution >= 0.6 is 27.7 Å². The lowest BCUT2D eigenvalue weighted by Gasteiger charge is -2.19. The minimum Gasteiger partial charge on any atom is -0.380 e. The molecule has 15 heavy (non-hydrogen) atoms. The molecule has 0 radical (unpaired) electrons.